The van der Waals surface area contributed by atoms with Gasteiger partial charge >= 0.3 is 18.0 Å². The van der Waals surface area contributed by atoms with Crippen molar-refractivity contribution in [1.29, 1.82) is 0 Å². The van der Waals surface area contributed by atoms with Gasteiger partial charge in [-0.25, -0.2) is 14.3 Å². The van der Waals surface area contributed by atoms with Gasteiger partial charge in [-0.2, -0.15) is 4.99 Å². The number of alkyl halides is 3. The third-order valence-corrected chi connectivity index (χ3v) is 8.54. The molecule has 4 aromatic rings. The van der Waals surface area contributed by atoms with Crippen LogP contribution in [0.1, 0.15) is 31.6 Å². The normalized spacial score (nSPS) is 13.4. The second-order valence-corrected chi connectivity index (χ2v) is 11.6. The highest BCUT2D eigenvalue weighted by molar-refractivity contribution is 7.07. The number of fused-ring (bicyclic) bond motifs is 1. The average Bonchev–Trinajstić information content (AvgIpc) is 3.51. The third kappa shape index (κ3) is 7.03. The number of thiazole rings is 1. The minimum atomic E-state index is -4.97. The van der Waals surface area contributed by atoms with Crippen molar-refractivity contribution in [3.63, 3.8) is 0 Å². The van der Waals surface area contributed by atoms with Gasteiger partial charge in [0, 0.05) is 37.6 Å². The molecule has 0 aliphatic carbocycles. The number of hydrogen-bond donors (Lipinski definition) is 1. The molecular weight excluding hydrogens is 678 g/mol. The van der Waals surface area contributed by atoms with Crippen LogP contribution in [0.2, 0.25) is 5.02 Å². The lowest BCUT2D eigenvalue weighted by molar-refractivity contribution is -0.274. The van der Waals surface area contributed by atoms with Gasteiger partial charge in [0.1, 0.15) is 22.9 Å². The van der Waals surface area contributed by atoms with Crippen molar-refractivity contribution in [1.82, 2.24) is 13.8 Å². The second kappa shape index (κ2) is 13.8. The van der Waals surface area contributed by atoms with E-state index in [4.69, 9.17) is 16.0 Å². The van der Waals surface area contributed by atoms with Gasteiger partial charge in [-0.05, 0) is 31.0 Å². The molecule has 0 aliphatic heterocycles. The fourth-order valence-electron chi connectivity index (χ4n) is 4.96. The van der Waals surface area contributed by atoms with E-state index >= 15 is 0 Å². The highest BCUT2D eigenvalue weighted by Crippen LogP contribution is 2.34. The van der Waals surface area contributed by atoms with Gasteiger partial charge in [0.2, 0.25) is 10.5 Å². The monoisotopic (exact) mass is 707 g/mol. The number of carbonyl (C=O) groups excluding carboxylic acids is 1. The smallest absolute Gasteiger partial charge is 0.480 e. The van der Waals surface area contributed by atoms with Crippen molar-refractivity contribution in [2.75, 3.05) is 12.1 Å². The Hall–Kier alpha value is -4.02. The summed E-state index contributed by atoms with van der Waals surface area (Å²) in [7, 11) is 4.23. The summed E-state index contributed by atoms with van der Waals surface area (Å²) in [5.41, 5.74) is -0.426. The molecule has 1 amide bonds. The highest BCUT2D eigenvalue weighted by Gasteiger charge is 2.33. The van der Waals surface area contributed by atoms with Gasteiger partial charge in [0.25, 0.3) is 11.5 Å². The average molecular weight is 709 g/mol. The number of benzene rings is 1. The number of aliphatic carboxylic acids is 1. The molecule has 1 aromatic carbocycles. The maximum Gasteiger partial charge on any atom is 0.573 e. The number of aryl methyl sites for hydroxylation is 2. The Morgan fingerprint density at radius 3 is 2.43 bits per heavy atom. The fourth-order valence-corrected chi connectivity index (χ4v) is 6.12. The Bertz CT molecular complexity index is 1990. The highest BCUT2D eigenvalue weighted by atomic mass is 35.5. The van der Waals surface area contributed by atoms with Crippen molar-refractivity contribution < 1.29 is 37.0 Å². The van der Waals surface area contributed by atoms with Gasteiger partial charge in [-0.3, -0.25) is 23.7 Å². The van der Waals surface area contributed by atoms with Crippen LogP contribution >= 0.6 is 35.3 Å². The minimum Gasteiger partial charge on any atom is -0.480 e. The lowest BCUT2D eigenvalue weighted by Crippen LogP contribution is -2.52. The molecule has 3 aromatic heterocycles. The number of carboxylic acid groups (broad SMARTS) is 1. The molecule has 0 bridgehead atoms. The Labute approximate surface area is 274 Å². The summed E-state index contributed by atoms with van der Waals surface area (Å²) < 4.78 is 51.5. The Kier molecular flexibility index (Phi) is 10.9. The topological polar surface area (TPSA) is 141 Å². The van der Waals surface area contributed by atoms with Crippen LogP contribution in [0.15, 0.2) is 42.6 Å². The van der Waals surface area contributed by atoms with Crippen LogP contribution in [0.4, 0.5) is 13.2 Å². The molecule has 250 valence electrons. The van der Waals surface area contributed by atoms with E-state index in [1.165, 1.54) is 43.0 Å². The largest absolute Gasteiger partial charge is 0.573 e. The quantitative estimate of drug-likeness (QED) is 0.270. The first-order valence-electron chi connectivity index (χ1n) is 13.4. The Morgan fingerprint density at radius 2 is 1.87 bits per heavy atom. The molecule has 18 heteroatoms. The molecule has 1 N–H and O–H groups in total. The van der Waals surface area contributed by atoms with Gasteiger partial charge in [-0.1, -0.05) is 31.9 Å². The first-order chi connectivity index (χ1) is 21.0. The van der Waals surface area contributed by atoms with E-state index in [1.807, 2.05) is 6.92 Å². The lowest BCUT2D eigenvalue weighted by Gasteiger charge is -2.32. The summed E-state index contributed by atoms with van der Waals surface area (Å²) in [6.45, 7) is 5.10. The van der Waals surface area contributed by atoms with Crippen LogP contribution in [0.3, 0.4) is 0 Å². The zero-order valence-electron chi connectivity index (χ0n) is 25.3. The predicted octanol–water partition coefficient (Wildman–Crippen LogP) is 4.38. The number of hydrogen-bond acceptors (Lipinski definition) is 8. The first kappa shape index (κ1) is 36.4. The van der Waals surface area contributed by atoms with Gasteiger partial charge in [0.05, 0.1) is 17.1 Å². The molecule has 46 heavy (non-hydrogen) atoms. The van der Waals surface area contributed by atoms with E-state index in [-0.39, 0.29) is 62.7 Å². The van der Waals surface area contributed by atoms with Crippen molar-refractivity contribution in [2.24, 2.45) is 25.0 Å². The molecule has 2 atom stereocenters. The predicted molar refractivity (Wildman–Crippen MR) is 167 cm³/mol. The first-order valence-corrected chi connectivity index (χ1v) is 14.7. The summed E-state index contributed by atoms with van der Waals surface area (Å²) in [4.78, 5) is 55.3. The number of carboxylic acids is 1. The van der Waals surface area contributed by atoms with Gasteiger partial charge in [-0.15, -0.1) is 36.9 Å². The molecule has 0 fully saturated rings. The molecule has 0 unspecified atom stereocenters. The van der Waals surface area contributed by atoms with Crippen molar-refractivity contribution in [3.8, 4) is 17.0 Å². The second-order valence-electron chi connectivity index (χ2n) is 10.4. The van der Waals surface area contributed by atoms with Crippen molar-refractivity contribution in [2.45, 2.75) is 46.0 Å². The number of carbonyl (C=O) groups is 2. The number of aromatic nitrogens is 3. The number of rotatable bonds is 9. The van der Waals surface area contributed by atoms with Gasteiger partial charge < -0.3 is 14.3 Å². The third-order valence-electron chi connectivity index (χ3n) is 7.43. The van der Waals surface area contributed by atoms with Crippen molar-refractivity contribution in [3.05, 3.63) is 65.6 Å². The van der Waals surface area contributed by atoms with Crippen molar-refractivity contribution >= 4 is 58.3 Å². The number of ether oxygens (including phenoxy) is 1. The molecule has 0 saturated heterocycles. The van der Waals surface area contributed by atoms with Crippen LogP contribution in [-0.4, -0.2) is 50.2 Å². The molecule has 12 nitrogen and oxygen atoms in total. The van der Waals surface area contributed by atoms with E-state index in [0.717, 1.165) is 26.5 Å². The van der Waals surface area contributed by atoms with E-state index in [1.54, 1.807) is 19.2 Å². The summed E-state index contributed by atoms with van der Waals surface area (Å²) >= 11 is 7.09. The van der Waals surface area contributed by atoms with Crippen LogP contribution in [0.5, 0.6) is 5.75 Å². The number of likely N-dealkylation sites (N-methyl/N-ethyl adjacent to an activating group) is 1. The molecule has 0 spiro atoms. The van der Waals surface area contributed by atoms with E-state index in [0.29, 0.717) is 12.0 Å². The summed E-state index contributed by atoms with van der Waals surface area (Å²) in [5.74, 6) is -2.62. The number of halogens is 5. The summed E-state index contributed by atoms with van der Waals surface area (Å²) in [6.07, 6.45) is -4.86. The molecule has 0 aliphatic rings. The Balaban J connectivity index is 0.00000576. The maximum absolute atomic E-state index is 13.4. The molecule has 3 heterocycles. The number of furan rings is 1. The molecule has 4 rings (SSSR count). The molecule has 0 saturated carbocycles. The summed E-state index contributed by atoms with van der Waals surface area (Å²) in [6, 6.07) is 2.47. The lowest BCUT2D eigenvalue weighted by atomic mass is 9.99. The van der Waals surface area contributed by atoms with Crippen LogP contribution in [0.25, 0.3) is 22.4 Å². The van der Waals surface area contributed by atoms with Crippen LogP contribution < -0.4 is 25.8 Å². The number of nitrogens with zero attached hydrogens (tertiary/aromatic N) is 5. The minimum absolute atomic E-state index is 0. The molecule has 0 radical (unpaired) electrons. The maximum atomic E-state index is 13.4. The van der Waals surface area contributed by atoms with E-state index in [2.05, 4.69) is 9.73 Å². The SMILES string of the molecule is CC[C@H](C)[C@@H](C(=O)O)N(C)n1c(-c2ccc(OC(F)(F)F)c(Cl)c2)csc1=NC(=O)Cc1c(C)oc2c1c(=O)n(C)c(=O)n2C.Cl. The number of amides is 1. The summed E-state index contributed by atoms with van der Waals surface area (Å²) in [5, 5.41) is 12.7. The zero-order chi connectivity index (χ0) is 33.5. The standard InChI is InChI=1S/C28H29ClF3N5O7S.ClH/c1-7-13(2)22(25(40)41)36(6)37-18(15-8-9-19(17(29)10-15)44-28(30,31)32)12-45-26(37)33-20(38)11-16-14(3)43-24-21(16)23(39)34(4)27(42)35(24)5;/h8-10,12-13,22H,7,11H2,1-6H3,(H,40,41);1H/t13-,22-;/m0./s1. The Morgan fingerprint density at radius 1 is 1.22 bits per heavy atom. The van der Waals surface area contributed by atoms with Gasteiger partial charge in [0.15, 0.2) is 0 Å². The van der Waals surface area contributed by atoms with E-state index in [9.17, 15) is 37.5 Å². The van der Waals surface area contributed by atoms with Crippen LogP contribution in [0, 0.1) is 12.8 Å². The zero-order valence-corrected chi connectivity index (χ0v) is 27.7. The molecular formula is C28H30Cl2F3N5O7S. The van der Waals surface area contributed by atoms with E-state index < -0.39 is 41.3 Å². The fraction of sp³-hybridized carbons (Fsp3) is 0.393. The van der Waals surface area contributed by atoms with Crippen LogP contribution in [-0.2, 0) is 30.1 Å².